The number of rotatable bonds is 10. The molecule has 1 fully saturated rings. The van der Waals surface area contributed by atoms with Crippen molar-refractivity contribution in [2.75, 3.05) is 13.1 Å². The number of halogens is 4. The molecule has 1 saturated heterocycles. The van der Waals surface area contributed by atoms with Gasteiger partial charge in [-0.05, 0) is 49.1 Å². The van der Waals surface area contributed by atoms with Crippen molar-refractivity contribution in [3.05, 3.63) is 70.1 Å². The van der Waals surface area contributed by atoms with Gasteiger partial charge in [-0.15, -0.1) is 18.3 Å². The molecule has 0 atom stereocenters. The first-order valence-electron chi connectivity index (χ1n) is 13.1. The molecular formula is C27H27F4N7O3. The number of hydrogen-bond acceptors (Lipinski definition) is 7. The quantitative estimate of drug-likeness (QED) is 0.292. The smallest absolute Gasteiger partial charge is 0.406 e. The molecule has 1 aromatic carbocycles. The first-order chi connectivity index (χ1) is 19.5. The summed E-state index contributed by atoms with van der Waals surface area (Å²) in [5, 5.41) is 18.9. The Bertz CT molecular complexity index is 1480. The molecule has 3 aromatic rings. The van der Waals surface area contributed by atoms with Gasteiger partial charge in [-0.25, -0.2) is 4.39 Å². The number of fused-ring (bicyclic) bond motifs is 1. The number of alkyl halides is 3. The van der Waals surface area contributed by atoms with Crippen LogP contribution in [0.25, 0.3) is 6.08 Å². The Kier molecular flexibility index (Phi) is 7.99. The average Bonchev–Trinajstić information content (AvgIpc) is 3.51. The third-order valence-corrected chi connectivity index (χ3v) is 7.05. The highest BCUT2D eigenvalue weighted by Crippen LogP contribution is 2.33. The number of nitrogens with one attached hydrogen (secondary N) is 1. The van der Waals surface area contributed by atoms with Crippen LogP contribution in [0.3, 0.4) is 0 Å². The fraction of sp³-hybridized carbons (Fsp3) is 0.407. The molecule has 0 spiro atoms. The second-order valence-corrected chi connectivity index (χ2v) is 10.1. The van der Waals surface area contributed by atoms with Crippen LogP contribution in [0, 0.1) is 11.7 Å². The normalized spacial score (nSPS) is 14.9. The molecule has 10 nitrogen and oxygen atoms in total. The summed E-state index contributed by atoms with van der Waals surface area (Å²) >= 11 is 0. The Balaban J connectivity index is 1.06. The number of nitrogens with zero attached hydrogens (tertiary/aromatic N) is 6. The first kappa shape index (κ1) is 28.2. The SMILES string of the molecule is CC(=O)N1CC(C2=Cc3cc(CCCCn4cc(C(=O)NCc5cc(OC(F)(F)F)ccc5F)nn4)nnc3C2)C1. The summed E-state index contributed by atoms with van der Waals surface area (Å²) in [6, 6.07) is 4.62. The van der Waals surface area contributed by atoms with Crippen molar-refractivity contribution in [3.63, 3.8) is 0 Å². The maximum absolute atomic E-state index is 14.0. The summed E-state index contributed by atoms with van der Waals surface area (Å²) in [5.74, 6) is -1.53. The van der Waals surface area contributed by atoms with E-state index >= 15 is 0 Å². The summed E-state index contributed by atoms with van der Waals surface area (Å²) in [6.45, 7) is 3.24. The van der Waals surface area contributed by atoms with Gasteiger partial charge >= 0.3 is 6.36 Å². The Hall–Kier alpha value is -4.36. The van der Waals surface area contributed by atoms with E-state index in [9.17, 15) is 27.2 Å². The maximum atomic E-state index is 14.0. The van der Waals surface area contributed by atoms with Crippen LogP contribution in [-0.2, 0) is 30.7 Å². The van der Waals surface area contributed by atoms with Crippen molar-refractivity contribution in [2.24, 2.45) is 5.92 Å². The van der Waals surface area contributed by atoms with E-state index in [0.29, 0.717) is 12.5 Å². The average molecular weight is 574 g/mol. The number of hydrogen-bond donors (Lipinski definition) is 1. The van der Waals surface area contributed by atoms with Gasteiger partial charge in [0.15, 0.2) is 5.69 Å². The third-order valence-electron chi connectivity index (χ3n) is 7.05. The molecule has 41 heavy (non-hydrogen) atoms. The fourth-order valence-electron chi connectivity index (χ4n) is 4.78. The molecule has 0 unspecified atom stereocenters. The summed E-state index contributed by atoms with van der Waals surface area (Å²) in [5.41, 5.74) is 4.05. The Morgan fingerprint density at radius 1 is 1.12 bits per heavy atom. The number of amides is 2. The number of aromatic nitrogens is 5. The number of ether oxygens (including phenoxy) is 1. The highest BCUT2D eigenvalue weighted by atomic mass is 19.4. The van der Waals surface area contributed by atoms with Crippen LogP contribution in [0.4, 0.5) is 17.6 Å². The van der Waals surface area contributed by atoms with E-state index in [2.05, 4.69) is 42.7 Å². The van der Waals surface area contributed by atoms with Crippen molar-refractivity contribution in [1.82, 2.24) is 35.4 Å². The molecule has 0 bridgehead atoms. The number of carbonyl (C=O) groups is 2. The van der Waals surface area contributed by atoms with E-state index < -0.39 is 23.8 Å². The largest absolute Gasteiger partial charge is 0.573 e. The minimum Gasteiger partial charge on any atom is -0.406 e. The second-order valence-electron chi connectivity index (χ2n) is 10.1. The van der Waals surface area contributed by atoms with Gasteiger partial charge in [-0.1, -0.05) is 16.9 Å². The number of benzene rings is 1. The lowest BCUT2D eigenvalue weighted by Crippen LogP contribution is -2.49. The molecule has 1 aliphatic heterocycles. The summed E-state index contributed by atoms with van der Waals surface area (Å²) in [6.07, 6.45) is 1.74. The highest BCUT2D eigenvalue weighted by molar-refractivity contribution is 5.91. The zero-order valence-corrected chi connectivity index (χ0v) is 22.1. The van der Waals surface area contributed by atoms with Gasteiger partial charge in [0.05, 0.1) is 17.6 Å². The predicted octanol–water partition coefficient (Wildman–Crippen LogP) is 3.48. The van der Waals surface area contributed by atoms with Gasteiger partial charge in [0.2, 0.25) is 5.91 Å². The minimum atomic E-state index is -4.91. The van der Waals surface area contributed by atoms with Crippen LogP contribution in [0.2, 0.25) is 0 Å². The van der Waals surface area contributed by atoms with Gasteiger partial charge in [0, 0.05) is 51.0 Å². The molecule has 2 aromatic heterocycles. The molecule has 14 heteroatoms. The van der Waals surface area contributed by atoms with Crippen molar-refractivity contribution in [3.8, 4) is 5.75 Å². The van der Waals surface area contributed by atoms with Gasteiger partial charge in [-0.3, -0.25) is 14.3 Å². The molecule has 5 rings (SSSR count). The number of likely N-dealkylation sites (tertiary alicyclic amines) is 1. The molecule has 0 radical (unpaired) electrons. The van der Waals surface area contributed by atoms with E-state index in [0.717, 1.165) is 73.9 Å². The lowest BCUT2D eigenvalue weighted by molar-refractivity contribution is -0.274. The van der Waals surface area contributed by atoms with Crippen LogP contribution in [0.5, 0.6) is 5.75 Å². The Morgan fingerprint density at radius 2 is 1.93 bits per heavy atom. The van der Waals surface area contributed by atoms with E-state index in [1.165, 1.54) is 16.5 Å². The summed E-state index contributed by atoms with van der Waals surface area (Å²) in [7, 11) is 0. The monoisotopic (exact) mass is 573 g/mol. The topological polar surface area (TPSA) is 115 Å². The molecule has 0 saturated carbocycles. The zero-order valence-electron chi connectivity index (χ0n) is 22.1. The van der Waals surface area contributed by atoms with E-state index in [1.54, 1.807) is 6.92 Å². The van der Waals surface area contributed by atoms with Crippen LogP contribution in [0.15, 0.2) is 36.0 Å². The van der Waals surface area contributed by atoms with Crippen LogP contribution in [0.1, 0.15) is 52.8 Å². The van der Waals surface area contributed by atoms with Crippen molar-refractivity contribution in [1.29, 1.82) is 0 Å². The number of unbranched alkanes of at least 4 members (excludes halogenated alkanes) is 1. The third kappa shape index (κ3) is 7.05. The maximum Gasteiger partial charge on any atom is 0.573 e. The van der Waals surface area contributed by atoms with Crippen LogP contribution >= 0.6 is 0 Å². The Morgan fingerprint density at radius 3 is 2.68 bits per heavy atom. The van der Waals surface area contributed by atoms with Crippen molar-refractivity contribution < 1.29 is 31.9 Å². The summed E-state index contributed by atoms with van der Waals surface area (Å²) < 4.78 is 56.5. The Labute approximate surface area is 232 Å². The van der Waals surface area contributed by atoms with E-state index in [-0.39, 0.29) is 23.7 Å². The molecule has 216 valence electrons. The lowest BCUT2D eigenvalue weighted by Gasteiger charge is -2.39. The first-order valence-corrected chi connectivity index (χ1v) is 13.1. The summed E-state index contributed by atoms with van der Waals surface area (Å²) in [4.78, 5) is 25.7. The molecule has 1 N–H and O–H groups in total. The number of aryl methyl sites for hydroxylation is 2. The van der Waals surface area contributed by atoms with Gasteiger partial charge in [-0.2, -0.15) is 10.2 Å². The van der Waals surface area contributed by atoms with Gasteiger partial charge < -0.3 is 15.0 Å². The second kappa shape index (κ2) is 11.6. The molecule has 3 heterocycles. The predicted molar refractivity (Wildman–Crippen MR) is 137 cm³/mol. The van der Waals surface area contributed by atoms with Crippen molar-refractivity contribution >= 4 is 17.9 Å². The van der Waals surface area contributed by atoms with Gasteiger partial charge in [0.1, 0.15) is 11.6 Å². The highest BCUT2D eigenvalue weighted by Gasteiger charge is 2.34. The van der Waals surface area contributed by atoms with E-state index in [4.69, 9.17) is 0 Å². The standard InChI is InChI=1S/C27H27F4N7O3/c1-16(39)37-13-20(14-37)17-8-18-9-21(33-34-24(18)11-17)4-2-3-7-38-15-25(35-36-38)26(40)32-12-19-10-22(5-6-23(19)28)41-27(29,30)31/h5-6,8-10,15,20H,2-4,7,11-14H2,1H3,(H,32,40). The molecule has 2 amide bonds. The number of carbonyl (C=O) groups excluding carboxylic acids is 2. The van der Waals surface area contributed by atoms with Crippen LogP contribution < -0.4 is 10.1 Å². The van der Waals surface area contributed by atoms with Crippen molar-refractivity contribution in [2.45, 2.75) is 52.1 Å². The van der Waals surface area contributed by atoms with Gasteiger partial charge in [0.25, 0.3) is 5.91 Å². The zero-order chi connectivity index (χ0) is 29.1. The van der Waals surface area contributed by atoms with E-state index in [1.807, 2.05) is 4.90 Å². The lowest BCUT2D eigenvalue weighted by atomic mass is 9.90. The molecule has 2 aliphatic rings. The molecule has 1 aliphatic carbocycles. The fourth-order valence-corrected chi connectivity index (χ4v) is 4.78. The van der Waals surface area contributed by atoms with Crippen LogP contribution in [-0.4, -0.2) is 61.4 Å². The minimum absolute atomic E-state index is 0.00179. The molecular weight excluding hydrogens is 546 g/mol.